The van der Waals surface area contributed by atoms with E-state index in [1.165, 1.54) is 51.4 Å². The molecule has 1 atom stereocenters. The van der Waals surface area contributed by atoms with Gasteiger partial charge in [0.05, 0.1) is 6.61 Å². The van der Waals surface area contributed by atoms with Gasteiger partial charge in [-0.1, -0.05) is 71.1 Å². The number of carbonyl (C=O) groups is 1. The van der Waals surface area contributed by atoms with E-state index in [9.17, 15) is 4.79 Å². The predicted octanol–water partition coefficient (Wildman–Crippen LogP) is 1.74. The number of rotatable bonds is 14. The summed E-state index contributed by atoms with van der Waals surface area (Å²) in [6, 6.07) is -0.756. The number of hydrazine groups is 2. The third-order valence-electron chi connectivity index (χ3n) is 3.61. The number of carboxylic acid groups (broad SMARTS) is 1. The average molecular weight is 335 g/mol. The first-order valence-corrected chi connectivity index (χ1v) is 8.83. The standard InChI is InChI=1S/C14H31N3O2.C2H7NO/c1-2-3-4-5-6-7-8-9-10-11-12-13(14(18)19)17(15)16;3-1-2-4/h13H,2-12,15-16H2,1H3,(H,18,19);4H,1-3H2. The molecule has 0 spiro atoms. The van der Waals surface area contributed by atoms with Gasteiger partial charge >= 0.3 is 5.97 Å². The first kappa shape index (κ1) is 24.5. The highest BCUT2D eigenvalue weighted by Gasteiger charge is 2.19. The molecule has 7 nitrogen and oxygen atoms in total. The lowest BCUT2D eigenvalue weighted by Crippen LogP contribution is -2.50. The van der Waals surface area contributed by atoms with Gasteiger partial charge in [0.25, 0.3) is 0 Å². The number of nitrogens with two attached hydrogens (primary N) is 3. The summed E-state index contributed by atoms with van der Waals surface area (Å²) in [6.07, 6.45) is 12.9. The Hall–Kier alpha value is -0.730. The summed E-state index contributed by atoms with van der Waals surface area (Å²) in [5.41, 5.74) is 4.78. The van der Waals surface area contributed by atoms with Crippen LogP contribution >= 0.6 is 0 Å². The second-order valence-electron chi connectivity index (χ2n) is 5.78. The first-order valence-electron chi connectivity index (χ1n) is 8.83. The zero-order valence-corrected chi connectivity index (χ0v) is 14.8. The lowest BCUT2D eigenvalue weighted by atomic mass is 10.0. The number of nitrogens with zero attached hydrogens (tertiary/aromatic N) is 1. The highest BCUT2D eigenvalue weighted by molar-refractivity contribution is 5.73. The Morgan fingerprint density at radius 3 is 1.65 bits per heavy atom. The van der Waals surface area contributed by atoms with Crippen LogP contribution in [0.15, 0.2) is 0 Å². The summed E-state index contributed by atoms with van der Waals surface area (Å²) in [4.78, 5) is 10.8. The van der Waals surface area contributed by atoms with Crippen molar-refractivity contribution in [2.75, 3.05) is 13.2 Å². The van der Waals surface area contributed by atoms with Gasteiger partial charge in [0.1, 0.15) is 6.04 Å². The molecule has 0 aromatic rings. The molecule has 0 aliphatic rings. The normalized spacial score (nSPS) is 11.9. The number of carboxylic acids is 1. The Bertz CT molecular complexity index is 251. The highest BCUT2D eigenvalue weighted by Crippen LogP contribution is 2.12. The fourth-order valence-electron chi connectivity index (χ4n) is 2.23. The van der Waals surface area contributed by atoms with Crippen LogP contribution in [0.5, 0.6) is 0 Å². The fraction of sp³-hybridized carbons (Fsp3) is 0.938. The van der Waals surface area contributed by atoms with E-state index in [1.807, 2.05) is 0 Å². The maximum Gasteiger partial charge on any atom is 0.323 e. The molecule has 0 rings (SSSR count). The Kier molecular flexibility index (Phi) is 20.6. The molecule has 23 heavy (non-hydrogen) atoms. The third-order valence-corrected chi connectivity index (χ3v) is 3.61. The van der Waals surface area contributed by atoms with E-state index in [1.54, 1.807) is 0 Å². The summed E-state index contributed by atoms with van der Waals surface area (Å²) in [6.45, 7) is 2.70. The molecule has 0 saturated heterocycles. The van der Waals surface area contributed by atoms with Crippen molar-refractivity contribution in [3.63, 3.8) is 0 Å². The van der Waals surface area contributed by atoms with Crippen LogP contribution in [0.4, 0.5) is 0 Å². The molecule has 0 bridgehead atoms. The van der Waals surface area contributed by atoms with Crippen LogP contribution in [-0.2, 0) is 4.79 Å². The van der Waals surface area contributed by atoms with Gasteiger partial charge in [-0.3, -0.25) is 16.5 Å². The molecule has 0 amide bonds. The highest BCUT2D eigenvalue weighted by atomic mass is 16.4. The smallest absolute Gasteiger partial charge is 0.323 e. The molecule has 0 saturated carbocycles. The molecular weight excluding hydrogens is 296 g/mol. The van der Waals surface area contributed by atoms with Gasteiger partial charge < -0.3 is 15.9 Å². The lowest BCUT2D eigenvalue weighted by Gasteiger charge is -2.18. The fourth-order valence-corrected chi connectivity index (χ4v) is 2.23. The number of hydrogen-bond donors (Lipinski definition) is 5. The molecule has 0 aliphatic heterocycles. The van der Waals surface area contributed by atoms with Crippen LogP contribution in [0.1, 0.15) is 77.6 Å². The zero-order chi connectivity index (χ0) is 17.9. The Morgan fingerprint density at radius 2 is 1.35 bits per heavy atom. The van der Waals surface area contributed by atoms with E-state index in [0.717, 1.165) is 18.0 Å². The topological polar surface area (TPSA) is 139 Å². The van der Waals surface area contributed by atoms with Crippen molar-refractivity contribution in [3.05, 3.63) is 0 Å². The zero-order valence-electron chi connectivity index (χ0n) is 14.8. The molecule has 140 valence electrons. The van der Waals surface area contributed by atoms with Crippen molar-refractivity contribution in [3.8, 4) is 0 Å². The van der Waals surface area contributed by atoms with E-state index in [-0.39, 0.29) is 6.61 Å². The van der Waals surface area contributed by atoms with Crippen LogP contribution in [-0.4, -0.2) is 40.5 Å². The molecule has 7 heteroatoms. The third kappa shape index (κ3) is 19.2. The number of aliphatic hydroxyl groups excluding tert-OH is 1. The summed E-state index contributed by atoms with van der Waals surface area (Å²) in [5, 5.41) is 17.4. The van der Waals surface area contributed by atoms with Gasteiger partial charge in [-0.25, -0.2) is 0 Å². The van der Waals surface area contributed by atoms with Crippen molar-refractivity contribution in [1.82, 2.24) is 5.12 Å². The maximum absolute atomic E-state index is 10.8. The number of unbranched alkanes of at least 4 members (excludes halogenated alkanes) is 9. The molecule has 1 unspecified atom stereocenters. The number of hydrogen-bond acceptors (Lipinski definition) is 6. The number of aliphatic carboxylic acids is 1. The van der Waals surface area contributed by atoms with E-state index in [2.05, 4.69) is 6.92 Å². The van der Waals surface area contributed by atoms with Gasteiger partial charge in [-0.15, -0.1) is 0 Å². The molecule has 0 fully saturated rings. The van der Waals surface area contributed by atoms with Crippen molar-refractivity contribution in [2.45, 2.75) is 83.6 Å². The average Bonchev–Trinajstić information content (AvgIpc) is 2.52. The Labute approximate surface area is 141 Å². The molecule has 0 radical (unpaired) electrons. The molecule has 0 heterocycles. The van der Waals surface area contributed by atoms with Crippen LogP contribution < -0.4 is 17.4 Å². The molecule has 8 N–H and O–H groups in total. The van der Waals surface area contributed by atoms with Crippen LogP contribution in [0.2, 0.25) is 0 Å². The molecule has 0 aromatic carbocycles. The largest absolute Gasteiger partial charge is 0.480 e. The van der Waals surface area contributed by atoms with Crippen molar-refractivity contribution in [1.29, 1.82) is 0 Å². The lowest BCUT2D eigenvalue weighted by molar-refractivity contribution is -0.143. The Morgan fingerprint density at radius 1 is 0.957 bits per heavy atom. The Balaban J connectivity index is 0. The monoisotopic (exact) mass is 334 g/mol. The summed E-state index contributed by atoms with van der Waals surface area (Å²) in [7, 11) is 0. The minimum absolute atomic E-state index is 0.0972. The minimum Gasteiger partial charge on any atom is -0.480 e. The summed E-state index contributed by atoms with van der Waals surface area (Å²) >= 11 is 0. The van der Waals surface area contributed by atoms with E-state index in [4.69, 9.17) is 27.6 Å². The van der Waals surface area contributed by atoms with E-state index < -0.39 is 12.0 Å². The molecular formula is C16H38N4O3. The van der Waals surface area contributed by atoms with Gasteiger partial charge in [0, 0.05) is 6.54 Å². The minimum atomic E-state index is -0.944. The van der Waals surface area contributed by atoms with E-state index in [0.29, 0.717) is 13.0 Å². The van der Waals surface area contributed by atoms with Gasteiger partial charge in [-0.2, -0.15) is 5.12 Å². The SMILES string of the molecule is CCCCCCCCCCCCC(C(=O)O)N(N)N.NCCO. The van der Waals surface area contributed by atoms with Crippen molar-refractivity contribution < 1.29 is 15.0 Å². The molecule has 0 aromatic heterocycles. The number of aliphatic hydroxyl groups is 1. The summed E-state index contributed by atoms with van der Waals surface area (Å²) < 4.78 is 0. The van der Waals surface area contributed by atoms with E-state index >= 15 is 0 Å². The molecule has 0 aliphatic carbocycles. The van der Waals surface area contributed by atoms with Crippen molar-refractivity contribution >= 4 is 5.97 Å². The second kappa shape index (κ2) is 19.3. The van der Waals surface area contributed by atoms with Crippen LogP contribution in [0, 0.1) is 0 Å². The van der Waals surface area contributed by atoms with Crippen molar-refractivity contribution in [2.24, 2.45) is 17.4 Å². The maximum atomic E-state index is 10.8. The van der Waals surface area contributed by atoms with Gasteiger partial charge in [0.15, 0.2) is 0 Å². The first-order chi connectivity index (χ1) is 11.0. The van der Waals surface area contributed by atoms with Crippen LogP contribution in [0.3, 0.4) is 0 Å². The predicted molar refractivity (Wildman–Crippen MR) is 94.2 cm³/mol. The van der Waals surface area contributed by atoms with Gasteiger partial charge in [-0.05, 0) is 6.42 Å². The quantitative estimate of drug-likeness (QED) is 0.185. The van der Waals surface area contributed by atoms with Crippen LogP contribution in [0.25, 0.3) is 0 Å². The summed E-state index contributed by atoms with van der Waals surface area (Å²) in [5.74, 6) is 9.63. The second-order valence-corrected chi connectivity index (χ2v) is 5.78. The van der Waals surface area contributed by atoms with Gasteiger partial charge in [0.2, 0.25) is 0 Å².